The summed E-state index contributed by atoms with van der Waals surface area (Å²) < 4.78 is 0. The predicted octanol–water partition coefficient (Wildman–Crippen LogP) is 1.00. The number of rotatable bonds is 5. The molecule has 0 aromatic carbocycles. The van der Waals surface area contributed by atoms with Gasteiger partial charge < -0.3 is 15.3 Å². The van der Waals surface area contributed by atoms with Gasteiger partial charge in [0.05, 0.1) is 12.6 Å². The van der Waals surface area contributed by atoms with Crippen LogP contribution in [-0.2, 0) is 4.79 Å². The monoisotopic (exact) mass is 274 g/mol. The van der Waals surface area contributed by atoms with Gasteiger partial charge in [0, 0.05) is 30.6 Å². The van der Waals surface area contributed by atoms with E-state index >= 15 is 0 Å². The Kier molecular flexibility index (Phi) is 3.76. The lowest BCUT2D eigenvalue weighted by Gasteiger charge is -2.35. The molecule has 1 amide bonds. The quantitative estimate of drug-likeness (QED) is 0.786. The Balaban J connectivity index is 1.78. The van der Waals surface area contributed by atoms with E-state index in [1.165, 1.54) is 5.57 Å². The number of aliphatic hydroxyl groups is 1. The first-order valence-electron chi connectivity index (χ1n) is 7.48. The minimum absolute atomic E-state index is 0.0629. The molecule has 2 unspecified atom stereocenters. The molecule has 4 nitrogen and oxygen atoms in total. The Hall–Kier alpha value is -1.39. The van der Waals surface area contributed by atoms with Crippen LogP contribution in [0.1, 0.15) is 19.8 Å². The average molecular weight is 274 g/mol. The molecule has 0 aromatic heterocycles. The lowest BCUT2D eigenvalue weighted by Crippen LogP contribution is -2.45. The van der Waals surface area contributed by atoms with Crippen molar-refractivity contribution in [2.75, 3.05) is 19.7 Å². The largest absolute Gasteiger partial charge is 0.395 e. The number of hydrogen-bond acceptors (Lipinski definition) is 3. The highest BCUT2D eigenvalue weighted by molar-refractivity contribution is 5.97. The highest BCUT2D eigenvalue weighted by Crippen LogP contribution is 2.37. The smallest absolute Gasteiger partial charge is 0.251 e. The van der Waals surface area contributed by atoms with Crippen molar-refractivity contribution in [2.24, 2.45) is 5.92 Å². The molecule has 1 fully saturated rings. The third kappa shape index (κ3) is 2.23. The van der Waals surface area contributed by atoms with E-state index in [-0.39, 0.29) is 24.6 Å². The summed E-state index contributed by atoms with van der Waals surface area (Å²) in [6, 6.07) is 0.323. The molecule has 3 rings (SSSR count). The van der Waals surface area contributed by atoms with Crippen molar-refractivity contribution in [3.05, 3.63) is 35.5 Å². The van der Waals surface area contributed by atoms with Gasteiger partial charge in [-0.2, -0.15) is 0 Å². The molecule has 0 aromatic rings. The van der Waals surface area contributed by atoms with E-state index in [2.05, 4.69) is 23.5 Å². The van der Waals surface area contributed by atoms with Crippen LogP contribution in [0.2, 0.25) is 0 Å². The van der Waals surface area contributed by atoms with Gasteiger partial charge in [-0.15, -0.1) is 0 Å². The minimum Gasteiger partial charge on any atom is -0.395 e. The van der Waals surface area contributed by atoms with Crippen molar-refractivity contribution >= 4 is 5.91 Å². The number of nitrogens with one attached hydrogen (secondary N) is 1. The van der Waals surface area contributed by atoms with E-state index in [0.717, 1.165) is 25.0 Å². The van der Waals surface area contributed by atoms with Crippen molar-refractivity contribution in [3.8, 4) is 0 Å². The predicted molar refractivity (Wildman–Crippen MR) is 78.1 cm³/mol. The van der Waals surface area contributed by atoms with Gasteiger partial charge in [-0.25, -0.2) is 0 Å². The molecule has 1 aliphatic carbocycles. The first-order valence-corrected chi connectivity index (χ1v) is 7.48. The number of amides is 1. The van der Waals surface area contributed by atoms with E-state index in [0.29, 0.717) is 12.5 Å². The summed E-state index contributed by atoms with van der Waals surface area (Å²) in [5.74, 6) is 0.649. The molecule has 2 heterocycles. The highest BCUT2D eigenvalue weighted by Gasteiger charge is 2.42. The van der Waals surface area contributed by atoms with Gasteiger partial charge in [0.25, 0.3) is 5.91 Å². The van der Waals surface area contributed by atoms with Crippen LogP contribution in [0.5, 0.6) is 0 Å². The molecule has 0 saturated carbocycles. The third-order valence-electron chi connectivity index (χ3n) is 4.60. The SMILES string of the molecule is CC[C@@H](CO)NCC1=CC2=CC=CC3CCN(C1=O)C23. The summed E-state index contributed by atoms with van der Waals surface area (Å²) in [7, 11) is 0. The average Bonchev–Trinajstić information content (AvgIpc) is 2.90. The van der Waals surface area contributed by atoms with Gasteiger partial charge in [-0.1, -0.05) is 25.2 Å². The standard InChI is InChI=1S/C16H22N2O2/c1-2-14(10-19)17-9-13-8-12-5-3-4-11-6-7-18(15(11)12)16(13)20/h3-5,8,11,14-15,17,19H,2,6-7,9-10H2,1H3/t11?,14-,15?/m0/s1. The summed E-state index contributed by atoms with van der Waals surface area (Å²) in [6.45, 7) is 3.52. The first kappa shape index (κ1) is 13.6. The van der Waals surface area contributed by atoms with Gasteiger partial charge in [0.1, 0.15) is 0 Å². The Morgan fingerprint density at radius 2 is 2.40 bits per heavy atom. The van der Waals surface area contributed by atoms with Crippen molar-refractivity contribution in [1.82, 2.24) is 10.2 Å². The minimum atomic E-state index is 0.0629. The number of aliphatic hydroxyl groups excluding tert-OH is 1. The molecule has 0 radical (unpaired) electrons. The fourth-order valence-electron chi connectivity index (χ4n) is 3.38. The second-order valence-corrected chi connectivity index (χ2v) is 5.79. The van der Waals surface area contributed by atoms with Crippen molar-refractivity contribution in [1.29, 1.82) is 0 Å². The molecule has 0 bridgehead atoms. The Morgan fingerprint density at radius 1 is 1.55 bits per heavy atom. The van der Waals surface area contributed by atoms with Gasteiger partial charge in [0.2, 0.25) is 0 Å². The normalized spacial score (nSPS) is 29.1. The molecule has 2 N–H and O–H groups in total. The van der Waals surface area contributed by atoms with Crippen LogP contribution < -0.4 is 5.32 Å². The maximum absolute atomic E-state index is 12.5. The second kappa shape index (κ2) is 5.54. The van der Waals surface area contributed by atoms with E-state index in [1.54, 1.807) is 0 Å². The molecule has 108 valence electrons. The number of carbonyl (C=O) groups excluding carboxylic acids is 1. The van der Waals surface area contributed by atoms with Gasteiger partial charge >= 0.3 is 0 Å². The third-order valence-corrected chi connectivity index (χ3v) is 4.60. The van der Waals surface area contributed by atoms with Crippen LogP contribution in [0.3, 0.4) is 0 Å². The van der Waals surface area contributed by atoms with Crippen LogP contribution in [0.4, 0.5) is 0 Å². The number of nitrogens with zero attached hydrogens (tertiary/aromatic N) is 1. The summed E-state index contributed by atoms with van der Waals surface area (Å²) in [5.41, 5.74) is 2.07. The van der Waals surface area contributed by atoms with Crippen LogP contribution >= 0.6 is 0 Å². The lowest BCUT2D eigenvalue weighted by molar-refractivity contribution is -0.128. The fraction of sp³-hybridized carbons (Fsp3) is 0.562. The summed E-state index contributed by atoms with van der Waals surface area (Å²) in [5, 5.41) is 12.5. The Labute approximate surface area is 119 Å². The summed E-state index contributed by atoms with van der Waals surface area (Å²) in [6.07, 6.45) is 10.4. The van der Waals surface area contributed by atoms with Crippen molar-refractivity contribution in [3.63, 3.8) is 0 Å². The zero-order chi connectivity index (χ0) is 14.1. The summed E-state index contributed by atoms with van der Waals surface area (Å²) in [4.78, 5) is 14.5. The van der Waals surface area contributed by atoms with Gasteiger partial charge in [-0.3, -0.25) is 4.79 Å². The van der Waals surface area contributed by atoms with Crippen LogP contribution in [0.25, 0.3) is 0 Å². The maximum atomic E-state index is 12.5. The Morgan fingerprint density at radius 3 is 3.15 bits per heavy atom. The zero-order valence-electron chi connectivity index (χ0n) is 11.9. The van der Waals surface area contributed by atoms with E-state index in [9.17, 15) is 9.90 Å². The van der Waals surface area contributed by atoms with Crippen molar-refractivity contribution in [2.45, 2.75) is 31.8 Å². The molecule has 20 heavy (non-hydrogen) atoms. The fourth-order valence-corrected chi connectivity index (χ4v) is 3.38. The maximum Gasteiger partial charge on any atom is 0.251 e. The first-order chi connectivity index (χ1) is 9.74. The summed E-state index contributed by atoms with van der Waals surface area (Å²) >= 11 is 0. The molecule has 3 atom stereocenters. The van der Waals surface area contributed by atoms with Crippen LogP contribution in [-0.4, -0.2) is 47.7 Å². The van der Waals surface area contributed by atoms with Gasteiger partial charge in [-0.05, 0) is 24.5 Å². The van der Waals surface area contributed by atoms with E-state index < -0.39 is 0 Å². The van der Waals surface area contributed by atoms with Crippen molar-refractivity contribution < 1.29 is 9.90 Å². The lowest BCUT2D eigenvalue weighted by atomic mass is 9.86. The number of allylic oxidation sites excluding steroid dienone is 2. The van der Waals surface area contributed by atoms with Gasteiger partial charge in [0.15, 0.2) is 0 Å². The topological polar surface area (TPSA) is 52.6 Å². The highest BCUT2D eigenvalue weighted by atomic mass is 16.3. The molecular weight excluding hydrogens is 252 g/mol. The molecular formula is C16H22N2O2. The number of hydrogen-bond donors (Lipinski definition) is 2. The van der Waals surface area contributed by atoms with E-state index in [4.69, 9.17) is 0 Å². The van der Waals surface area contributed by atoms with E-state index in [1.807, 2.05) is 17.9 Å². The molecule has 1 saturated heterocycles. The second-order valence-electron chi connectivity index (χ2n) is 5.79. The number of carbonyl (C=O) groups is 1. The van der Waals surface area contributed by atoms with Crippen LogP contribution in [0, 0.1) is 5.92 Å². The zero-order valence-corrected chi connectivity index (χ0v) is 11.9. The molecule has 0 spiro atoms. The molecule has 4 heteroatoms. The molecule has 2 aliphatic heterocycles. The van der Waals surface area contributed by atoms with Crippen LogP contribution in [0.15, 0.2) is 35.5 Å². The Bertz CT molecular complexity index is 489. The molecule has 3 aliphatic rings.